The van der Waals surface area contributed by atoms with E-state index < -0.39 is 11.5 Å². The third-order valence-electron chi connectivity index (χ3n) is 2.45. The molecule has 0 aliphatic carbocycles. The van der Waals surface area contributed by atoms with E-state index in [0.29, 0.717) is 0 Å². The van der Waals surface area contributed by atoms with Gasteiger partial charge >= 0.3 is 0 Å². The Kier molecular flexibility index (Phi) is 2.91. The first kappa shape index (κ1) is 10.7. The molecule has 0 radical (unpaired) electrons. The van der Waals surface area contributed by atoms with Crippen LogP contribution in [0, 0.1) is 6.92 Å². The van der Waals surface area contributed by atoms with Gasteiger partial charge in [0, 0.05) is 7.11 Å². The van der Waals surface area contributed by atoms with Crippen molar-refractivity contribution in [3.05, 3.63) is 35.4 Å². The van der Waals surface area contributed by atoms with Gasteiger partial charge in [-0.3, -0.25) is 4.79 Å². The number of ether oxygens (including phenoxy) is 1. The maximum absolute atomic E-state index is 11.3. The molecule has 0 aliphatic heterocycles. The van der Waals surface area contributed by atoms with Crippen molar-refractivity contribution in [3.63, 3.8) is 0 Å². The number of benzene rings is 1. The Balaban J connectivity index is 3.19. The van der Waals surface area contributed by atoms with E-state index in [0.717, 1.165) is 11.1 Å². The van der Waals surface area contributed by atoms with Crippen molar-refractivity contribution in [2.75, 3.05) is 7.11 Å². The summed E-state index contributed by atoms with van der Waals surface area (Å²) < 4.78 is 5.17. The molecule has 3 heteroatoms. The summed E-state index contributed by atoms with van der Waals surface area (Å²) in [7, 11) is 1.48. The zero-order valence-electron chi connectivity index (χ0n) is 8.70. The van der Waals surface area contributed by atoms with E-state index in [4.69, 9.17) is 10.5 Å². The van der Waals surface area contributed by atoms with Crippen molar-refractivity contribution < 1.29 is 9.53 Å². The smallest absolute Gasteiger partial charge is 0.254 e. The standard InChI is InChI=1S/C11H15NO2/c1-8-5-4-6-9(7-8)11(2,14-3)10(12)13/h4-7H,1-3H3,(H2,12,13). The number of carbonyl (C=O) groups excluding carboxylic acids is 1. The first-order valence-electron chi connectivity index (χ1n) is 4.43. The first-order valence-corrected chi connectivity index (χ1v) is 4.43. The second kappa shape index (κ2) is 3.80. The number of hydrogen-bond acceptors (Lipinski definition) is 2. The molecular formula is C11H15NO2. The third kappa shape index (κ3) is 1.77. The van der Waals surface area contributed by atoms with E-state index in [2.05, 4.69) is 0 Å². The van der Waals surface area contributed by atoms with Gasteiger partial charge in [0.25, 0.3) is 5.91 Å². The molecule has 1 aromatic carbocycles. The van der Waals surface area contributed by atoms with Crippen LogP contribution in [0.15, 0.2) is 24.3 Å². The van der Waals surface area contributed by atoms with Gasteiger partial charge < -0.3 is 10.5 Å². The van der Waals surface area contributed by atoms with Gasteiger partial charge in [0.2, 0.25) is 0 Å². The highest BCUT2D eigenvalue weighted by atomic mass is 16.5. The number of amides is 1. The van der Waals surface area contributed by atoms with Crippen LogP contribution >= 0.6 is 0 Å². The highest BCUT2D eigenvalue weighted by Gasteiger charge is 2.32. The Morgan fingerprint density at radius 2 is 2.14 bits per heavy atom. The largest absolute Gasteiger partial charge is 0.367 e. The fraction of sp³-hybridized carbons (Fsp3) is 0.364. The molecule has 0 bridgehead atoms. The first-order chi connectivity index (χ1) is 6.50. The van der Waals surface area contributed by atoms with Gasteiger partial charge in [-0.2, -0.15) is 0 Å². The monoisotopic (exact) mass is 193 g/mol. The molecule has 0 heterocycles. The molecule has 0 saturated heterocycles. The summed E-state index contributed by atoms with van der Waals surface area (Å²) in [6, 6.07) is 7.57. The second-order valence-corrected chi connectivity index (χ2v) is 3.47. The molecule has 1 rings (SSSR count). The molecule has 76 valence electrons. The van der Waals surface area contributed by atoms with Crippen LogP contribution in [0.1, 0.15) is 18.1 Å². The number of hydrogen-bond donors (Lipinski definition) is 1. The van der Waals surface area contributed by atoms with E-state index in [1.807, 2.05) is 31.2 Å². The van der Waals surface area contributed by atoms with Gasteiger partial charge in [-0.15, -0.1) is 0 Å². The summed E-state index contributed by atoms with van der Waals surface area (Å²) in [6.07, 6.45) is 0. The predicted molar refractivity (Wildman–Crippen MR) is 54.7 cm³/mol. The van der Waals surface area contributed by atoms with Crippen molar-refractivity contribution in [1.29, 1.82) is 0 Å². The Morgan fingerprint density at radius 1 is 1.50 bits per heavy atom. The molecule has 2 N–H and O–H groups in total. The van der Waals surface area contributed by atoms with Gasteiger partial charge in [-0.05, 0) is 19.4 Å². The average molecular weight is 193 g/mol. The van der Waals surface area contributed by atoms with Crippen LogP contribution in [0.25, 0.3) is 0 Å². The molecule has 3 nitrogen and oxygen atoms in total. The molecule has 1 amide bonds. The second-order valence-electron chi connectivity index (χ2n) is 3.47. The highest BCUT2D eigenvalue weighted by molar-refractivity contribution is 5.84. The summed E-state index contributed by atoms with van der Waals surface area (Å²) >= 11 is 0. The Hall–Kier alpha value is -1.35. The van der Waals surface area contributed by atoms with E-state index >= 15 is 0 Å². The average Bonchev–Trinajstić information content (AvgIpc) is 2.16. The molecule has 0 aliphatic rings. The third-order valence-corrected chi connectivity index (χ3v) is 2.45. The zero-order chi connectivity index (χ0) is 10.8. The molecule has 0 saturated carbocycles. The van der Waals surface area contributed by atoms with E-state index in [1.165, 1.54) is 7.11 Å². The molecular weight excluding hydrogens is 178 g/mol. The quantitative estimate of drug-likeness (QED) is 0.787. The van der Waals surface area contributed by atoms with Crippen molar-refractivity contribution in [2.45, 2.75) is 19.4 Å². The number of methoxy groups -OCH3 is 1. The van der Waals surface area contributed by atoms with Crippen molar-refractivity contribution in [1.82, 2.24) is 0 Å². The predicted octanol–water partition coefficient (Wildman–Crippen LogP) is 1.34. The fourth-order valence-corrected chi connectivity index (χ4v) is 1.30. The van der Waals surface area contributed by atoms with Gasteiger partial charge in [-0.25, -0.2) is 0 Å². The van der Waals surface area contributed by atoms with Gasteiger partial charge in [0.05, 0.1) is 0 Å². The lowest BCUT2D eigenvalue weighted by Gasteiger charge is -2.25. The maximum atomic E-state index is 11.3. The van der Waals surface area contributed by atoms with Crippen molar-refractivity contribution >= 4 is 5.91 Å². The number of carbonyl (C=O) groups is 1. The number of aryl methyl sites for hydroxylation is 1. The topological polar surface area (TPSA) is 52.3 Å². The van der Waals surface area contributed by atoms with Crippen LogP contribution in [0.2, 0.25) is 0 Å². The van der Waals surface area contributed by atoms with Crippen LogP contribution in [0.3, 0.4) is 0 Å². The summed E-state index contributed by atoms with van der Waals surface area (Å²) in [5.41, 5.74) is 6.12. The lowest BCUT2D eigenvalue weighted by molar-refractivity contribution is -0.139. The zero-order valence-corrected chi connectivity index (χ0v) is 8.70. The molecule has 1 atom stereocenters. The molecule has 0 aromatic heterocycles. The molecule has 0 spiro atoms. The number of rotatable bonds is 3. The van der Waals surface area contributed by atoms with Gasteiger partial charge in [0.1, 0.15) is 0 Å². The summed E-state index contributed by atoms with van der Waals surface area (Å²) in [6.45, 7) is 3.63. The van der Waals surface area contributed by atoms with Crippen LogP contribution in [0.4, 0.5) is 0 Å². The van der Waals surface area contributed by atoms with Gasteiger partial charge in [-0.1, -0.05) is 29.8 Å². The number of nitrogens with two attached hydrogens (primary N) is 1. The fourth-order valence-electron chi connectivity index (χ4n) is 1.30. The Bertz CT molecular complexity index is 349. The summed E-state index contributed by atoms with van der Waals surface area (Å²) in [5, 5.41) is 0. The Labute approximate surface area is 83.9 Å². The lowest BCUT2D eigenvalue weighted by atomic mass is 9.94. The van der Waals surface area contributed by atoms with Crippen LogP contribution in [-0.4, -0.2) is 13.0 Å². The van der Waals surface area contributed by atoms with E-state index in [1.54, 1.807) is 6.92 Å². The normalized spacial score (nSPS) is 14.8. The summed E-state index contributed by atoms with van der Waals surface area (Å²) in [4.78, 5) is 11.3. The minimum Gasteiger partial charge on any atom is -0.367 e. The minimum atomic E-state index is -1.04. The van der Waals surface area contributed by atoms with Crippen molar-refractivity contribution in [2.24, 2.45) is 5.73 Å². The SMILES string of the molecule is COC(C)(C(N)=O)c1cccc(C)c1. The van der Waals surface area contributed by atoms with E-state index in [-0.39, 0.29) is 0 Å². The molecule has 1 unspecified atom stereocenters. The summed E-state index contributed by atoms with van der Waals surface area (Å²) in [5.74, 6) is -0.481. The highest BCUT2D eigenvalue weighted by Crippen LogP contribution is 2.24. The van der Waals surface area contributed by atoms with E-state index in [9.17, 15) is 4.79 Å². The molecule has 1 aromatic rings. The molecule has 14 heavy (non-hydrogen) atoms. The Morgan fingerprint density at radius 3 is 2.57 bits per heavy atom. The van der Waals surface area contributed by atoms with Gasteiger partial charge in [0.15, 0.2) is 5.60 Å². The van der Waals surface area contributed by atoms with Crippen molar-refractivity contribution in [3.8, 4) is 0 Å². The minimum absolute atomic E-state index is 0.481. The number of primary amides is 1. The lowest BCUT2D eigenvalue weighted by Crippen LogP contribution is -2.40. The van der Waals surface area contributed by atoms with Crippen LogP contribution in [0.5, 0.6) is 0 Å². The molecule has 0 fully saturated rings. The van der Waals surface area contributed by atoms with Crippen LogP contribution in [-0.2, 0) is 15.1 Å². The van der Waals surface area contributed by atoms with Crippen LogP contribution < -0.4 is 5.73 Å². The maximum Gasteiger partial charge on any atom is 0.254 e.